The lowest BCUT2D eigenvalue weighted by Crippen LogP contribution is -2.00. The van der Waals surface area contributed by atoms with Crippen LogP contribution in [0.25, 0.3) is 10.6 Å². The molecule has 0 amide bonds. The second-order valence-corrected chi connectivity index (χ2v) is 5.90. The fraction of sp³-hybridized carbons (Fsp3) is 0.286. The zero-order valence-corrected chi connectivity index (χ0v) is 12.3. The van der Waals surface area contributed by atoms with Gasteiger partial charge in [0.1, 0.15) is 5.01 Å². The molecule has 0 saturated heterocycles. The Morgan fingerprint density at radius 2 is 2.21 bits per heavy atom. The number of thiazole rings is 1. The van der Waals surface area contributed by atoms with Gasteiger partial charge in [-0.15, -0.1) is 11.3 Å². The van der Waals surface area contributed by atoms with Crippen molar-refractivity contribution in [1.82, 2.24) is 4.98 Å². The lowest BCUT2D eigenvalue weighted by atomic mass is 9.97. The van der Waals surface area contributed by atoms with E-state index in [9.17, 15) is 4.79 Å². The van der Waals surface area contributed by atoms with Crippen molar-refractivity contribution in [3.63, 3.8) is 0 Å². The number of hydrogen-bond donors (Lipinski definition) is 1. The number of halogens is 1. The number of rotatable bonds is 4. The van der Waals surface area contributed by atoms with Crippen LogP contribution in [0.3, 0.4) is 0 Å². The number of nitrogens with zero attached hydrogens (tertiary/aromatic N) is 1. The molecule has 100 valence electrons. The third kappa shape index (κ3) is 3.33. The number of carboxylic acid groups (broad SMARTS) is 1. The Balaban J connectivity index is 2.41. The van der Waals surface area contributed by atoms with Gasteiger partial charge in [0, 0.05) is 16.0 Å². The molecule has 2 aromatic rings. The van der Waals surface area contributed by atoms with Gasteiger partial charge >= 0.3 is 5.97 Å². The topological polar surface area (TPSA) is 50.2 Å². The van der Waals surface area contributed by atoms with E-state index < -0.39 is 5.97 Å². The summed E-state index contributed by atoms with van der Waals surface area (Å²) in [5.41, 5.74) is 2.75. The third-order valence-electron chi connectivity index (χ3n) is 2.75. The van der Waals surface area contributed by atoms with Crippen LogP contribution in [0.15, 0.2) is 23.6 Å². The molecule has 2 rings (SSSR count). The summed E-state index contributed by atoms with van der Waals surface area (Å²) in [6, 6.07) is 5.72. The molecule has 0 radical (unpaired) electrons. The van der Waals surface area contributed by atoms with Crippen LogP contribution < -0.4 is 0 Å². The van der Waals surface area contributed by atoms with Crippen LogP contribution in [-0.2, 0) is 11.2 Å². The molecule has 1 N–H and O–H groups in total. The minimum absolute atomic E-state index is 0.0406. The maximum atomic E-state index is 10.7. The Labute approximate surface area is 120 Å². The van der Waals surface area contributed by atoms with Gasteiger partial charge in [0.15, 0.2) is 0 Å². The maximum absolute atomic E-state index is 10.7. The van der Waals surface area contributed by atoms with Gasteiger partial charge in [0.25, 0.3) is 0 Å². The molecule has 3 nitrogen and oxygen atoms in total. The first-order valence-electron chi connectivity index (χ1n) is 5.93. The van der Waals surface area contributed by atoms with Gasteiger partial charge in [-0.1, -0.05) is 31.5 Å². The SMILES string of the molecule is CC(C)c1cc(Cl)ccc1-c1nc(CC(=O)O)cs1. The monoisotopic (exact) mass is 295 g/mol. The molecule has 1 aromatic carbocycles. The standard InChI is InChI=1S/C14H14ClNO2S/c1-8(2)12-5-9(15)3-4-11(12)14-16-10(7-19-14)6-13(17)18/h3-5,7-8H,6H2,1-2H3,(H,17,18). The second kappa shape index (κ2) is 5.72. The molecule has 19 heavy (non-hydrogen) atoms. The van der Waals surface area contributed by atoms with Crippen LogP contribution in [0.1, 0.15) is 31.0 Å². The summed E-state index contributed by atoms with van der Waals surface area (Å²) >= 11 is 7.49. The molecule has 0 spiro atoms. The van der Waals surface area contributed by atoms with E-state index in [-0.39, 0.29) is 6.42 Å². The smallest absolute Gasteiger partial charge is 0.309 e. The van der Waals surface area contributed by atoms with Crippen molar-refractivity contribution in [3.8, 4) is 10.6 Å². The highest BCUT2D eigenvalue weighted by atomic mass is 35.5. The predicted octanol–water partition coefficient (Wildman–Crippen LogP) is 4.21. The Bertz CT molecular complexity index is 607. The molecular weight excluding hydrogens is 282 g/mol. The van der Waals surface area contributed by atoms with E-state index in [0.717, 1.165) is 16.1 Å². The van der Waals surface area contributed by atoms with Crippen molar-refractivity contribution in [3.05, 3.63) is 39.9 Å². The number of aromatic nitrogens is 1. The molecule has 0 atom stereocenters. The van der Waals surface area contributed by atoms with Crippen LogP contribution in [0, 0.1) is 0 Å². The molecule has 0 aliphatic rings. The van der Waals surface area contributed by atoms with Gasteiger partial charge in [-0.05, 0) is 23.6 Å². The summed E-state index contributed by atoms with van der Waals surface area (Å²) < 4.78 is 0. The van der Waals surface area contributed by atoms with E-state index in [1.54, 1.807) is 5.38 Å². The number of benzene rings is 1. The first-order chi connectivity index (χ1) is 8.97. The van der Waals surface area contributed by atoms with Crippen molar-refractivity contribution < 1.29 is 9.90 Å². The van der Waals surface area contributed by atoms with Gasteiger partial charge in [-0.25, -0.2) is 4.98 Å². The molecule has 5 heteroatoms. The average Bonchev–Trinajstić information content (AvgIpc) is 2.76. The molecule has 1 aromatic heterocycles. The molecule has 0 fully saturated rings. The Morgan fingerprint density at radius 1 is 1.47 bits per heavy atom. The first-order valence-corrected chi connectivity index (χ1v) is 7.19. The Morgan fingerprint density at radius 3 is 2.84 bits per heavy atom. The lowest BCUT2D eigenvalue weighted by Gasteiger charge is -2.11. The first kappa shape index (κ1) is 14.0. The minimum Gasteiger partial charge on any atom is -0.481 e. The van der Waals surface area contributed by atoms with Crippen molar-refractivity contribution in [1.29, 1.82) is 0 Å². The van der Waals surface area contributed by atoms with E-state index in [1.165, 1.54) is 11.3 Å². The summed E-state index contributed by atoms with van der Waals surface area (Å²) in [4.78, 5) is 15.1. The van der Waals surface area contributed by atoms with E-state index in [2.05, 4.69) is 18.8 Å². The fourth-order valence-corrected chi connectivity index (χ4v) is 2.92. The van der Waals surface area contributed by atoms with Gasteiger partial charge < -0.3 is 5.11 Å². The number of aliphatic carboxylic acids is 1. The molecule has 0 bridgehead atoms. The van der Waals surface area contributed by atoms with Crippen LogP contribution in [0.2, 0.25) is 5.02 Å². The second-order valence-electron chi connectivity index (χ2n) is 4.60. The van der Waals surface area contributed by atoms with Crippen molar-refractivity contribution in [2.75, 3.05) is 0 Å². The normalized spacial score (nSPS) is 10.9. The molecule has 0 unspecified atom stereocenters. The van der Waals surface area contributed by atoms with E-state index in [1.807, 2.05) is 18.2 Å². The Hall–Kier alpha value is -1.39. The van der Waals surface area contributed by atoms with Gasteiger partial charge in [-0.3, -0.25) is 4.79 Å². The molecule has 0 saturated carbocycles. The maximum Gasteiger partial charge on any atom is 0.309 e. The van der Waals surface area contributed by atoms with E-state index in [4.69, 9.17) is 16.7 Å². The summed E-state index contributed by atoms with van der Waals surface area (Å²) in [5.74, 6) is -0.530. The predicted molar refractivity (Wildman–Crippen MR) is 78.0 cm³/mol. The van der Waals surface area contributed by atoms with Gasteiger partial charge in [0.05, 0.1) is 12.1 Å². The third-order valence-corrected chi connectivity index (χ3v) is 3.91. The van der Waals surface area contributed by atoms with Gasteiger partial charge in [0.2, 0.25) is 0 Å². The zero-order valence-electron chi connectivity index (χ0n) is 10.7. The number of hydrogen-bond acceptors (Lipinski definition) is 3. The van der Waals surface area contributed by atoms with Crippen molar-refractivity contribution >= 4 is 28.9 Å². The largest absolute Gasteiger partial charge is 0.481 e. The molecule has 0 aliphatic carbocycles. The van der Waals surface area contributed by atoms with Crippen LogP contribution in [-0.4, -0.2) is 16.1 Å². The van der Waals surface area contributed by atoms with E-state index in [0.29, 0.717) is 16.6 Å². The summed E-state index contributed by atoms with van der Waals surface area (Å²) in [6.45, 7) is 4.20. The lowest BCUT2D eigenvalue weighted by molar-refractivity contribution is -0.136. The highest BCUT2D eigenvalue weighted by Crippen LogP contribution is 2.33. The average molecular weight is 296 g/mol. The fourth-order valence-electron chi connectivity index (χ4n) is 1.87. The number of carbonyl (C=O) groups is 1. The highest BCUT2D eigenvalue weighted by Gasteiger charge is 2.13. The van der Waals surface area contributed by atoms with Crippen LogP contribution in [0.4, 0.5) is 0 Å². The molecule has 0 aliphatic heterocycles. The Kier molecular flexibility index (Phi) is 4.22. The van der Waals surface area contributed by atoms with Crippen molar-refractivity contribution in [2.45, 2.75) is 26.2 Å². The zero-order chi connectivity index (χ0) is 14.0. The van der Waals surface area contributed by atoms with Crippen LogP contribution >= 0.6 is 22.9 Å². The number of carboxylic acids is 1. The minimum atomic E-state index is -0.864. The van der Waals surface area contributed by atoms with Gasteiger partial charge in [-0.2, -0.15) is 0 Å². The van der Waals surface area contributed by atoms with E-state index >= 15 is 0 Å². The summed E-state index contributed by atoms with van der Waals surface area (Å²) in [7, 11) is 0. The molecule has 1 heterocycles. The molecular formula is C14H14ClNO2S. The highest BCUT2D eigenvalue weighted by molar-refractivity contribution is 7.13. The quantitative estimate of drug-likeness (QED) is 0.919. The summed E-state index contributed by atoms with van der Waals surface area (Å²) in [6.07, 6.45) is -0.0406. The van der Waals surface area contributed by atoms with Crippen LogP contribution in [0.5, 0.6) is 0 Å². The van der Waals surface area contributed by atoms with Crippen molar-refractivity contribution in [2.24, 2.45) is 0 Å². The summed E-state index contributed by atoms with van der Waals surface area (Å²) in [5, 5.41) is 12.1.